The minimum absolute atomic E-state index is 0.193. The first-order valence-corrected chi connectivity index (χ1v) is 8.14. The fourth-order valence-electron chi connectivity index (χ4n) is 2.22. The van der Waals surface area contributed by atoms with Gasteiger partial charge in [0.05, 0.1) is 0 Å². The third kappa shape index (κ3) is 6.45. The zero-order valence-corrected chi connectivity index (χ0v) is 14.5. The molecule has 0 spiro atoms. The Bertz CT molecular complexity index is 783. The van der Waals surface area contributed by atoms with E-state index in [-0.39, 0.29) is 6.42 Å². The van der Waals surface area contributed by atoms with Crippen molar-refractivity contribution in [2.24, 2.45) is 5.73 Å². The van der Waals surface area contributed by atoms with Crippen LogP contribution in [0, 0.1) is 0 Å². The Labute approximate surface area is 155 Å². The number of rotatable bonds is 7. The lowest BCUT2D eigenvalue weighted by molar-refractivity contribution is -0.149. The zero-order chi connectivity index (χ0) is 18.9. The van der Waals surface area contributed by atoms with Gasteiger partial charge in [-0.1, -0.05) is 48.0 Å². The normalized spacial score (nSPS) is 11.3. The second kappa shape index (κ2) is 9.43. The maximum Gasteiger partial charge on any atom is 0.329 e. The molecule has 0 bridgehead atoms. The Kier molecular flexibility index (Phi) is 6.99. The highest BCUT2D eigenvalue weighted by molar-refractivity contribution is 6.30. The lowest BCUT2D eigenvalue weighted by Gasteiger charge is -2.16. The molecule has 0 fully saturated rings. The standard InChI is InChI=1S/C18H18ClN3O4/c19-13-7-4-8-14(10-13)21-16(23)11-26-17(24)15(22-18(20)25)9-12-5-2-1-3-6-12/h1-8,10,15H,9,11H2,(H,21,23)(H3,20,22,25)/t15-/m0/s1. The molecule has 2 aromatic rings. The average molecular weight is 376 g/mol. The lowest BCUT2D eigenvalue weighted by atomic mass is 10.1. The first-order valence-electron chi connectivity index (χ1n) is 7.76. The average Bonchev–Trinajstić information content (AvgIpc) is 2.59. The zero-order valence-electron chi connectivity index (χ0n) is 13.8. The van der Waals surface area contributed by atoms with Crippen molar-refractivity contribution in [1.29, 1.82) is 0 Å². The molecule has 0 aromatic heterocycles. The molecule has 0 radical (unpaired) electrons. The van der Waals surface area contributed by atoms with Gasteiger partial charge in [0.2, 0.25) is 0 Å². The summed E-state index contributed by atoms with van der Waals surface area (Å²) in [6.07, 6.45) is 0.193. The molecule has 8 heteroatoms. The van der Waals surface area contributed by atoms with Crippen LogP contribution in [0.3, 0.4) is 0 Å². The maximum absolute atomic E-state index is 12.2. The van der Waals surface area contributed by atoms with Gasteiger partial charge >= 0.3 is 12.0 Å². The number of benzene rings is 2. The van der Waals surface area contributed by atoms with Crippen LogP contribution >= 0.6 is 11.6 Å². The monoisotopic (exact) mass is 375 g/mol. The van der Waals surface area contributed by atoms with Crippen LogP contribution in [-0.4, -0.2) is 30.6 Å². The Morgan fingerprint density at radius 2 is 1.81 bits per heavy atom. The number of halogens is 1. The van der Waals surface area contributed by atoms with Crippen molar-refractivity contribution in [2.45, 2.75) is 12.5 Å². The van der Waals surface area contributed by atoms with Gasteiger partial charge < -0.3 is 21.1 Å². The summed E-state index contributed by atoms with van der Waals surface area (Å²) in [6.45, 7) is -0.503. The summed E-state index contributed by atoms with van der Waals surface area (Å²) in [4.78, 5) is 35.2. The molecule has 0 aliphatic carbocycles. The van der Waals surface area contributed by atoms with Crippen molar-refractivity contribution < 1.29 is 19.1 Å². The molecule has 0 aliphatic rings. The number of carbonyl (C=O) groups is 3. The topological polar surface area (TPSA) is 111 Å². The fourth-order valence-corrected chi connectivity index (χ4v) is 2.41. The number of carbonyl (C=O) groups excluding carboxylic acids is 3. The first-order chi connectivity index (χ1) is 12.4. The molecule has 26 heavy (non-hydrogen) atoms. The van der Waals surface area contributed by atoms with Crippen molar-refractivity contribution in [3.63, 3.8) is 0 Å². The van der Waals surface area contributed by atoms with Crippen LogP contribution in [0.4, 0.5) is 10.5 Å². The minimum atomic E-state index is -0.992. The molecule has 136 valence electrons. The molecule has 3 amide bonds. The van der Waals surface area contributed by atoms with E-state index in [0.717, 1.165) is 5.56 Å². The van der Waals surface area contributed by atoms with E-state index in [1.165, 1.54) is 0 Å². The molecule has 7 nitrogen and oxygen atoms in total. The van der Waals surface area contributed by atoms with Crippen LogP contribution in [-0.2, 0) is 20.7 Å². The number of primary amides is 1. The number of nitrogens with one attached hydrogen (secondary N) is 2. The van der Waals surface area contributed by atoms with Gasteiger partial charge in [-0.15, -0.1) is 0 Å². The minimum Gasteiger partial charge on any atom is -0.454 e. The second-order valence-corrected chi connectivity index (χ2v) is 5.85. The van der Waals surface area contributed by atoms with E-state index >= 15 is 0 Å². The number of amides is 3. The SMILES string of the molecule is NC(=O)N[C@@H](Cc1ccccc1)C(=O)OCC(=O)Nc1cccc(Cl)c1. The predicted molar refractivity (Wildman–Crippen MR) is 97.7 cm³/mol. The summed E-state index contributed by atoms with van der Waals surface area (Å²) >= 11 is 5.83. The van der Waals surface area contributed by atoms with Gasteiger partial charge in [-0.25, -0.2) is 9.59 Å². The van der Waals surface area contributed by atoms with Gasteiger partial charge in [-0.3, -0.25) is 4.79 Å². The number of anilines is 1. The fraction of sp³-hybridized carbons (Fsp3) is 0.167. The second-order valence-electron chi connectivity index (χ2n) is 5.42. The van der Waals surface area contributed by atoms with E-state index in [0.29, 0.717) is 10.7 Å². The molecular weight excluding hydrogens is 358 g/mol. The molecule has 0 saturated heterocycles. The molecule has 2 rings (SSSR count). The van der Waals surface area contributed by atoms with E-state index in [9.17, 15) is 14.4 Å². The number of nitrogens with two attached hydrogens (primary N) is 1. The van der Waals surface area contributed by atoms with Gasteiger partial charge in [0.15, 0.2) is 6.61 Å². The number of ether oxygens (including phenoxy) is 1. The van der Waals surface area contributed by atoms with E-state index in [1.807, 2.05) is 6.07 Å². The number of hydrogen-bond donors (Lipinski definition) is 3. The highest BCUT2D eigenvalue weighted by Crippen LogP contribution is 2.14. The summed E-state index contributed by atoms with van der Waals surface area (Å²) in [7, 11) is 0. The van der Waals surface area contributed by atoms with E-state index in [4.69, 9.17) is 22.1 Å². The Morgan fingerprint density at radius 3 is 2.46 bits per heavy atom. The van der Waals surface area contributed by atoms with Crippen LogP contribution in [0.2, 0.25) is 5.02 Å². The van der Waals surface area contributed by atoms with Crippen molar-refractivity contribution in [2.75, 3.05) is 11.9 Å². The molecule has 0 aliphatic heterocycles. The largest absolute Gasteiger partial charge is 0.454 e. The lowest BCUT2D eigenvalue weighted by Crippen LogP contribution is -2.46. The third-order valence-corrected chi connectivity index (χ3v) is 3.57. The summed E-state index contributed by atoms with van der Waals surface area (Å²) in [5.41, 5.74) is 6.40. The summed E-state index contributed by atoms with van der Waals surface area (Å²) < 4.78 is 4.99. The van der Waals surface area contributed by atoms with Crippen molar-refractivity contribution >= 4 is 35.2 Å². The molecule has 1 atom stereocenters. The van der Waals surface area contributed by atoms with Crippen LogP contribution in [0.15, 0.2) is 54.6 Å². The third-order valence-electron chi connectivity index (χ3n) is 3.34. The van der Waals surface area contributed by atoms with E-state index in [2.05, 4.69) is 10.6 Å². The Balaban J connectivity index is 1.91. The predicted octanol–water partition coefficient (Wildman–Crippen LogP) is 2.10. The van der Waals surface area contributed by atoms with Crippen molar-refractivity contribution in [3.05, 3.63) is 65.2 Å². The van der Waals surface area contributed by atoms with E-state index < -0.39 is 30.6 Å². The van der Waals surface area contributed by atoms with Crippen LogP contribution < -0.4 is 16.4 Å². The van der Waals surface area contributed by atoms with Gasteiger partial charge in [-0.2, -0.15) is 0 Å². The quantitative estimate of drug-likeness (QED) is 0.643. The molecule has 2 aromatic carbocycles. The molecule has 0 heterocycles. The molecular formula is C18H18ClN3O4. The van der Waals surface area contributed by atoms with Gasteiger partial charge in [0.1, 0.15) is 6.04 Å². The van der Waals surface area contributed by atoms with E-state index in [1.54, 1.807) is 48.5 Å². The first kappa shape index (κ1) is 19.3. The molecule has 0 saturated carbocycles. The van der Waals surface area contributed by atoms with Crippen molar-refractivity contribution in [3.8, 4) is 0 Å². The number of esters is 1. The Morgan fingerprint density at radius 1 is 1.08 bits per heavy atom. The summed E-state index contributed by atoms with van der Waals surface area (Å²) in [5, 5.41) is 5.35. The highest BCUT2D eigenvalue weighted by Gasteiger charge is 2.22. The van der Waals surface area contributed by atoms with Crippen LogP contribution in [0.1, 0.15) is 5.56 Å². The van der Waals surface area contributed by atoms with Crippen LogP contribution in [0.25, 0.3) is 0 Å². The van der Waals surface area contributed by atoms with Gasteiger partial charge in [0, 0.05) is 17.1 Å². The van der Waals surface area contributed by atoms with Gasteiger partial charge in [-0.05, 0) is 23.8 Å². The Hall–Kier alpha value is -3.06. The highest BCUT2D eigenvalue weighted by atomic mass is 35.5. The van der Waals surface area contributed by atoms with Crippen LogP contribution in [0.5, 0.6) is 0 Å². The summed E-state index contributed by atoms with van der Waals surface area (Å²) in [5.74, 6) is -1.29. The molecule has 0 unspecified atom stereocenters. The number of urea groups is 1. The van der Waals surface area contributed by atoms with Crippen molar-refractivity contribution in [1.82, 2.24) is 5.32 Å². The summed E-state index contributed by atoms with van der Waals surface area (Å²) in [6, 6.07) is 13.8. The number of hydrogen-bond acceptors (Lipinski definition) is 4. The maximum atomic E-state index is 12.2. The molecule has 4 N–H and O–H groups in total. The van der Waals surface area contributed by atoms with Gasteiger partial charge in [0.25, 0.3) is 5.91 Å². The smallest absolute Gasteiger partial charge is 0.329 e.